The topological polar surface area (TPSA) is 86.8 Å². The largest absolute Gasteiger partial charge is 0.354 e. The molecule has 8 heteroatoms. The molecule has 1 N–H and O–H groups in total. The van der Waals surface area contributed by atoms with Gasteiger partial charge in [0.2, 0.25) is 11.8 Å². The lowest BCUT2D eigenvalue weighted by Crippen LogP contribution is -2.52. The van der Waals surface area contributed by atoms with Gasteiger partial charge in [0.15, 0.2) is 0 Å². The van der Waals surface area contributed by atoms with Gasteiger partial charge in [0.05, 0.1) is 10.6 Å². The highest BCUT2D eigenvalue weighted by molar-refractivity contribution is 7.92. The second-order valence-electron chi connectivity index (χ2n) is 10.7. The Morgan fingerprint density at radius 1 is 0.850 bits per heavy atom. The number of nitrogens with one attached hydrogen (secondary N) is 1. The van der Waals surface area contributed by atoms with Gasteiger partial charge in [0.1, 0.15) is 12.6 Å². The van der Waals surface area contributed by atoms with Crippen molar-refractivity contribution in [1.29, 1.82) is 0 Å². The van der Waals surface area contributed by atoms with Gasteiger partial charge in [0.25, 0.3) is 10.0 Å². The summed E-state index contributed by atoms with van der Waals surface area (Å²) >= 11 is 0. The van der Waals surface area contributed by atoms with Gasteiger partial charge in [-0.25, -0.2) is 8.42 Å². The molecule has 3 rings (SSSR count). The summed E-state index contributed by atoms with van der Waals surface area (Å²) in [5, 5.41) is 2.95. The Hall–Kier alpha value is -3.65. The first-order chi connectivity index (χ1) is 18.9. The van der Waals surface area contributed by atoms with Gasteiger partial charge in [-0.3, -0.25) is 13.9 Å². The van der Waals surface area contributed by atoms with Gasteiger partial charge < -0.3 is 10.2 Å². The number of rotatable bonds is 12. The molecule has 40 heavy (non-hydrogen) atoms. The minimum absolute atomic E-state index is 0.0985. The zero-order chi connectivity index (χ0) is 29.4. The summed E-state index contributed by atoms with van der Waals surface area (Å²) in [5.41, 5.74) is 3.95. The molecule has 214 valence electrons. The van der Waals surface area contributed by atoms with E-state index in [9.17, 15) is 18.0 Å². The predicted octanol–water partition coefficient (Wildman–Crippen LogP) is 5.39. The van der Waals surface area contributed by atoms with E-state index in [2.05, 4.69) is 5.32 Å². The van der Waals surface area contributed by atoms with Crippen LogP contribution in [0.3, 0.4) is 0 Å². The highest BCUT2D eigenvalue weighted by Gasteiger charge is 2.33. The van der Waals surface area contributed by atoms with E-state index in [0.29, 0.717) is 18.7 Å². The third kappa shape index (κ3) is 7.94. The summed E-state index contributed by atoms with van der Waals surface area (Å²) in [6.07, 6.45) is 0.386. The monoisotopic (exact) mass is 563 g/mol. The zero-order valence-electron chi connectivity index (χ0n) is 24.3. The lowest BCUT2D eigenvalue weighted by Gasteiger charge is -2.33. The van der Waals surface area contributed by atoms with Crippen LogP contribution in [-0.2, 0) is 26.2 Å². The molecule has 0 aromatic heterocycles. The number of carbonyl (C=O) groups is 2. The molecule has 0 radical (unpaired) electrons. The number of sulfonamides is 1. The molecule has 3 aromatic rings. The fourth-order valence-electron chi connectivity index (χ4n) is 4.58. The Labute approximate surface area is 239 Å². The van der Waals surface area contributed by atoms with Crippen LogP contribution in [0.1, 0.15) is 49.4 Å². The third-order valence-electron chi connectivity index (χ3n) is 6.65. The van der Waals surface area contributed by atoms with Crippen molar-refractivity contribution in [3.63, 3.8) is 0 Å². The van der Waals surface area contributed by atoms with E-state index in [-0.39, 0.29) is 23.3 Å². The van der Waals surface area contributed by atoms with Gasteiger partial charge in [-0.15, -0.1) is 0 Å². The minimum atomic E-state index is -4.09. The molecule has 0 bridgehead atoms. The Balaban J connectivity index is 2.06. The van der Waals surface area contributed by atoms with Crippen LogP contribution < -0.4 is 9.62 Å². The first kappa shape index (κ1) is 30.9. The molecule has 7 nitrogen and oxygen atoms in total. The number of amides is 2. The summed E-state index contributed by atoms with van der Waals surface area (Å²) in [6.45, 7) is 11.8. The number of benzene rings is 3. The molecule has 0 saturated carbocycles. The van der Waals surface area contributed by atoms with Crippen molar-refractivity contribution >= 4 is 27.5 Å². The Bertz CT molecular complexity index is 1380. The molecular formula is C32H41N3O4S. The summed E-state index contributed by atoms with van der Waals surface area (Å²) in [5.74, 6) is -0.454. The minimum Gasteiger partial charge on any atom is -0.354 e. The molecular weight excluding hydrogens is 522 g/mol. The molecule has 0 heterocycles. The van der Waals surface area contributed by atoms with Crippen LogP contribution in [0.4, 0.5) is 5.69 Å². The second kappa shape index (κ2) is 13.6. The quantitative estimate of drug-likeness (QED) is 0.320. The van der Waals surface area contributed by atoms with Crippen LogP contribution >= 0.6 is 0 Å². The highest BCUT2D eigenvalue weighted by atomic mass is 32.2. The lowest BCUT2D eigenvalue weighted by molar-refractivity contribution is -0.140. The summed E-state index contributed by atoms with van der Waals surface area (Å²) in [6, 6.07) is 20.7. The molecule has 3 aromatic carbocycles. The van der Waals surface area contributed by atoms with Crippen LogP contribution in [0.15, 0.2) is 77.7 Å². The van der Waals surface area contributed by atoms with Crippen LogP contribution in [0.2, 0.25) is 0 Å². The molecule has 0 unspecified atom stereocenters. The molecule has 0 fully saturated rings. The maximum atomic E-state index is 14.1. The van der Waals surface area contributed by atoms with E-state index in [1.807, 2.05) is 77.9 Å². The Morgan fingerprint density at radius 3 is 2.00 bits per heavy atom. The van der Waals surface area contributed by atoms with Gasteiger partial charge >= 0.3 is 0 Å². The van der Waals surface area contributed by atoms with Crippen LogP contribution in [-0.4, -0.2) is 44.3 Å². The Morgan fingerprint density at radius 2 is 1.45 bits per heavy atom. The van der Waals surface area contributed by atoms with Crippen LogP contribution in [0.25, 0.3) is 0 Å². The average Bonchev–Trinajstić information content (AvgIpc) is 2.90. The summed E-state index contributed by atoms with van der Waals surface area (Å²) < 4.78 is 29.2. The number of nitrogens with zero attached hydrogens (tertiary/aromatic N) is 2. The number of carbonyl (C=O) groups excluding carboxylic acids is 2. The van der Waals surface area contributed by atoms with Crippen molar-refractivity contribution in [2.45, 2.75) is 65.4 Å². The number of hydrogen-bond donors (Lipinski definition) is 1. The SMILES string of the molecule is CC[C@@H](C(=O)NCC(C)C)N(Cc1ccccc1)C(=O)CN(c1cc(C)cc(C)c1)S(=O)(=O)c1ccc(C)cc1. The fourth-order valence-corrected chi connectivity index (χ4v) is 5.98. The van der Waals surface area contributed by atoms with Gasteiger partial charge in [-0.1, -0.05) is 74.9 Å². The normalized spacial score (nSPS) is 12.2. The number of hydrogen-bond acceptors (Lipinski definition) is 4. The third-order valence-corrected chi connectivity index (χ3v) is 8.44. The second-order valence-corrected chi connectivity index (χ2v) is 12.6. The van der Waals surface area contributed by atoms with Crippen LogP contribution in [0.5, 0.6) is 0 Å². The van der Waals surface area contributed by atoms with E-state index >= 15 is 0 Å². The van der Waals surface area contributed by atoms with Gasteiger partial charge in [0, 0.05) is 13.1 Å². The molecule has 0 aliphatic heterocycles. The van der Waals surface area contributed by atoms with Crippen molar-refractivity contribution in [3.8, 4) is 0 Å². The van der Waals surface area contributed by atoms with Crippen molar-refractivity contribution < 1.29 is 18.0 Å². The maximum Gasteiger partial charge on any atom is 0.264 e. The zero-order valence-corrected chi connectivity index (χ0v) is 25.2. The van der Waals surface area contributed by atoms with E-state index in [4.69, 9.17) is 0 Å². The van der Waals surface area contributed by atoms with E-state index in [1.165, 1.54) is 4.90 Å². The molecule has 0 saturated heterocycles. The first-order valence-corrected chi connectivity index (χ1v) is 15.1. The lowest BCUT2D eigenvalue weighted by atomic mass is 10.1. The summed E-state index contributed by atoms with van der Waals surface area (Å²) in [7, 11) is -4.09. The number of aryl methyl sites for hydroxylation is 3. The van der Waals surface area contributed by atoms with Crippen molar-refractivity contribution in [2.24, 2.45) is 5.92 Å². The fraction of sp³-hybridized carbons (Fsp3) is 0.375. The predicted molar refractivity (Wildman–Crippen MR) is 161 cm³/mol. The van der Waals surface area contributed by atoms with E-state index in [0.717, 1.165) is 26.6 Å². The van der Waals surface area contributed by atoms with Crippen molar-refractivity contribution in [1.82, 2.24) is 10.2 Å². The van der Waals surface area contributed by atoms with E-state index < -0.39 is 28.5 Å². The van der Waals surface area contributed by atoms with Crippen LogP contribution in [0, 0.1) is 26.7 Å². The van der Waals surface area contributed by atoms with Gasteiger partial charge in [-0.05, 0) is 74.1 Å². The highest BCUT2D eigenvalue weighted by Crippen LogP contribution is 2.27. The molecule has 1 atom stereocenters. The molecule has 0 aliphatic rings. The standard InChI is InChI=1S/C32H41N3O4S/c1-7-30(32(37)33-20-23(2)3)34(21-27-11-9-8-10-12-27)31(36)22-35(28-18-25(5)17-26(6)19-28)40(38,39)29-15-13-24(4)14-16-29/h8-19,23,30H,7,20-22H2,1-6H3,(H,33,37)/t30-/m0/s1. The Kier molecular flexibility index (Phi) is 10.5. The van der Waals surface area contributed by atoms with Crippen molar-refractivity contribution in [3.05, 3.63) is 95.1 Å². The van der Waals surface area contributed by atoms with Gasteiger partial charge in [-0.2, -0.15) is 0 Å². The average molecular weight is 564 g/mol. The molecule has 2 amide bonds. The maximum absolute atomic E-state index is 14.1. The molecule has 0 spiro atoms. The van der Waals surface area contributed by atoms with Crippen molar-refractivity contribution in [2.75, 3.05) is 17.4 Å². The molecule has 0 aliphatic carbocycles. The first-order valence-electron chi connectivity index (χ1n) is 13.7. The summed E-state index contributed by atoms with van der Waals surface area (Å²) in [4.78, 5) is 29.0. The van der Waals surface area contributed by atoms with E-state index in [1.54, 1.807) is 36.4 Å². The smallest absolute Gasteiger partial charge is 0.264 e. The number of anilines is 1.